The number of fused-ring (bicyclic) bond motifs is 1. The molecule has 2 aromatic heterocycles. The highest BCUT2D eigenvalue weighted by Gasteiger charge is 2.17. The van der Waals surface area contributed by atoms with Gasteiger partial charge in [0, 0.05) is 42.9 Å². The molecule has 1 N–H and O–H groups in total. The van der Waals surface area contributed by atoms with E-state index in [9.17, 15) is 9.59 Å². The van der Waals surface area contributed by atoms with Gasteiger partial charge < -0.3 is 9.88 Å². The second kappa shape index (κ2) is 9.86. The minimum absolute atomic E-state index is 0.0364. The molecule has 4 aromatic rings. The third-order valence-electron chi connectivity index (χ3n) is 6.25. The predicted octanol–water partition coefficient (Wildman–Crippen LogP) is 4.00. The molecule has 6 nitrogen and oxygen atoms in total. The number of nitrogens with one attached hydrogen (secondary N) is 1. The van der Waals surface area contributed by atoms with E-state index >= 15 is 0 Å². The Labute approximate surface area is 193 Å². The summed E-state index contributed by atoms with van der Waals surface area (Å²) in [4.78, 5) is 25.6. The molecule has 0 fully saturated rings. The number of hydrogen-bond acceptors (Lipinski definition) is 3. The number of amides is 1. The maximum atomic E-state index is 13.2. The first-order valence-corrected chi connectivity index (χ1v) is 11.4. The molecule has 0 aliphatic rings. The van der Waals surface area contributed by atoms with Crippen LogP contribution in [0.4, 0.5) is 0 Å². The summed E-state index contributed by atoms with van der Waals surface area (Å²) in [5, 5.41) is 7.58. The normalized spacial score (nSPS) is 11.1. The Morgan fingerprint density at radius 1 is 1.00 bits per heavy atom. The zero-order chi connectivity index (χ0) is 23.4. The highest BCUT2D eigenvalue weighted by atomic mass is 16.1. The maximum Gasteiger partial charge on any atom is 0.277 e. The minimum Gasteiger partial charge on any atom is -0.356 e. The third kappa shape index (κ3) is 4.90. The number of aromatic nitrogens is 3. The molecule has 1 amide bonds. The van der Waals surface area contributed by atoms with Crippen molar-refractivity contribution in [2.45, 2.75) is 39.5 Å². The zero-order valence-electron chi connectivity index (χ0n) is 19.5. The molecule has 0 bridgehead atoms. The topological polar surface area (TPSA) is 68.4 Å². The first-order chi connectivity index (χ1) is 16.0. The summed E-state index contributed by atoms with van der Waals surface area (Å²) in [6, 6.07) is 20.2. The monoisotopic (exact) mass is 442 g/mol. The van der Waals surface area contributed by atoms with Crippen molar-refractivity contribution < 1.29 is 4.79 Å². The van der Waals surface area contributed by atoms with E-state index in [0.29, 0.717) is 18.5 Å². The van der Waals surface area contributed by atoms with Crippen LogP contribution in [0.2, 0.25) is 0 Å². The van der Waals surface area contributed by atoms with Gasteiger partial charge >= 0.3 is 0 Å². The summed E-state index contributed by atoms with van der Waals surface area (Å²) in [5.41, 5.74) is 6.23. The van der Waals surface area contributed by atoms with Gasteiger partial charge in [0.2, 0.25) is 5.91 Å². The summed E-state index contributed by atoms with van der Waals surface area (Å²) < 4.78 is 3.44. The lowest BCUT2D eigenvalue weighted by Crippen LogP contribution is -2.28. The zero-order valence-corrected chi connectivity index (χ0v) is 19.5. The number of benzene rings is 2. The largest absolute Gasteiger partial charge is 0.356 e. The molecule has 0 aliphatic heterocycles. The van der Waals surface area contributed by atoms with Gasteiger partial charge in [0.05, 0.1) is 5.69 Å². The molecular formula is C27H30N4O2. The fourth-order valence-corrected chi connectivity index (χ4v) is 4.19. The van der Waals surface area contributed by atoms with Gasteiger partial charge in [-0.1, -0.05) is 54.6 Å². The van der Waals surface area contributed by atoms with Gasteiger partial charge in [-0.2, -0.15) is 9.61 Å². The van der Waals surface area contributed by atoms with Crippen molar-refractivity contribution in [2.75, 3.05) is 6.54 Å². The molecule has 2 aromatic carbocycles. The van der Waals surface area contributed by atoms with Crippen LogP contribution < -0.4 is 10.9 Å². The van der Waals surface area contributed by atoms with Crippen LogP contribution in [0.25, 0.3) is 16.9 Å². The number of carbonyl (C=O) groups is 1. The van der Waals surface area contributed by atoms with Crippen LogP contribution >= 0.6 is 0 Å². The average Bonchev–Trinajstić information content (AvgIpc) is 3.27. The van der Waals surface area contributed by atoms with E-state index < -0.39 is 0 Å². The molecule has 170 valence electrons. The lowest BCUT2D eigenvalue weighted by molar-refractivity contribution is -0.121. The van der Waals surface area contributed by atoms with E-state index in [1.54, 1.807) is 0 Å². The first kappa shape index (κ1) is 22.5. The maximum absolute atomic E-state index is 13.2. The van der Waals surface area contributed by atoms with Crippen molar-refractivity contribution >= 4 is 11.6 Å². The van der Waals surface area contributed by atoms with Crippen LogP contribution in [0.5, 0.6) is 0 Å². The van der Waals surface area contributed by atoms with Crippen LogP contribution in [-0.2, 0) is 24.7 Å². The summed E-state index contributed by atoms with van der Waals surface area (Å²) in [7, 11) is 1.93. The van der Waals surface area contributed by atoms with Gasteiger partial charge in [0.15, 0.2) is 0 Å². The highest BCUT2D eigenvalue weighted by molar-refractivity contribution is 5.76. The molecule has 33 heavy (non-hydrogen) atoms. The van der Waals surface area contributed by atoms with Gasteiger partial charge in [-0.25, -0.2) is 0 Å². The minimum atomic E-state index is -0.155. The predicted molar refractivity (Wildman–Crippen MR) is 131 cm³/mol. The van der Waals surface area contributed by atoms with E-state index in [0.717, 1.165) is 41.0 Å². The van der Waals surface area contributed by atoms with Gasteiger partial charge in [0.1, 0.15) is 5.65 Å². The summed E-state index contributed by atoms with van der Waals surface area (Å²) in [6.45, 7) is 4.59. The van der Waals surface area contributed by atoms with Crippen molar-refractivity contribution in [2.24, 2.45) is 7.05 Å². The first-order valence-electron chi connectivity index (χ1n) is 11.4. The van der Waals surface area contributed by atoms with Gasteiger partial charge in [-0.3, -0.25) is 9.59 Å². The second-order valence-corrected chi connectivity index (χ2v) is 8.48. The Morgan fingerprint density at radius 3 is 2.48 bits per heavy atom. The molecule has 4 rings (SSSR count). The standard InChI is InChI=1S/C27H30N4O2/c1-19-10-7-8-14-22(19)24-18-26-30(3)20(2)23(27(33)31(26)29-24)15-16-25(32)28-17-9-13-21-11-5-4-6-12-21/h4-8,10-12,14,18H,9,13,15-17H2,1-3H3,(H,28,32). The van der Waals surface area contributed by atoms with E-state index in [4.69, 9.17) is 0 Å². The average molecular weight is 443 g/mol. The van der Waals surface area contributed by atoms with E-state index in [1.165, 1.54) is 10.1 Å². The fraction of sp³-hybridized carbons (Fsp3) is 0.296. The fourth-order valence-electron chi connectivity index (χ4n) is 4.19. The number of hydrogen-bond donors (Lipinski definition) is 1. The quantitative estimate of drug-likeness (QED) is 0.420. The molecule has 0 radical (unpaired) electrons. The van der Waals surface area contributed by atoms with Crippen molar-refractivity contribution in [3.8, 4) is 11.3 Å². The smallest absolute Gasteiger partial charge is 0.277 e. The molecule has 0 unspecified atom stereocenters. The van der Waals surface area contributed by atoms with Crippen molar-refractivity contribution in [1.82, 2.24) is 19.5 Å². The van der Waals surface area contributed by atoms with E-state index in [-0.39, 0.29) is 17.9 Å². The molecule has 0 aliphatic carbocycles. The Kier molecular flexibility index (Phi) is 6.73. The Hall–Kier alpha value is -3.67. The highest BCUT2D eigenvalue weighted by Crippen LogP contribution is 2.23. The molecule has 2 heterocycles. The molecule has 6 heteroatoms. The summed E-state index contributed by atoms with van der Waals surface area (Å²) in [6.07, 6.45) is 2.48. The number of aryl methyl sites for hydroxylation is 3. The third-order valence-corrected chi connectivity index (χ3v) is 6.25. The molecule has 0 saturated carbocycles. The Balaban J connectivity index is 1.45. The molecule has 0 atom stereocenters. The molecular weight excluding hydrogens is 412 g/mol. The van der Waals surface area contributed by atoms with Crippen LogP contribution in [-0.4, -0.2) is 26.6 Å². The van der Waals surface area contributed by atoms with Crippen LogP contribution in [0.1, 0.15) is 35.2 Å². The van der Waals surface area contributed by atoms with Crippen molar-refractivity contribution in [3.05, 3.63) is 93.4 Å². The number of rotatable bonds is 8. The van der Waals surface area contributed by atoms with Crippen molar-refractivity contribution in [3.63, 3.8) is 0 Å². The van der Waals surface area contributed by atoms with E-state index in [1.807, 2.05) is 74.0 Å². The Morgan fingerprint density at radius 2 is 1.73 bits per heavy atom. The number of carbonyl (C=O) groups excluding carboxylic acids is 1. The SMILES string of the molecule is Cc1ccccc1-c1cc2n(C)c(C)c(CCC(=O)NCCCc3ccccc3)c(=O)n2n1. The van der Waals surface area contributed by atoms with Crippen LogP contribution in [0.15, 0.2) is 65.5 Å². The molecule has 0 saturated heterocycles. The summed E-state index contributed by atoms with van der Waals surface area (Å²) in [5.74, 6) is -0.0364. The number of nitrogens with zero attached hydrogens (tertiary/aromatic N) is 3. The van der Waals surface area contributed by atoms with Crippen LogP contribution in [0, 0.1) is 13.8 Å². The summed E-state index contributed by atoms with van der Waals surface area (Å²) >= 11 is 0. The van der Waals surface area contributed by atoms with Crippen LogP contribution in [0.3, 0.4) is 0 Å². The van der Waals surface area contributed by atoms with Gasteiger partial charge in [0.25, 0.3) is 5.56 Å². The lowest BCUT2D eigenvalue weighted by atomic mass is 10.1. The lowest BCUT2D eigenvalue weighted by Gasteiger charge is -2.12. The molecule has 0 spiro atoms. The van der Waals surface area contributed by atoms with Gasteiger partial charge in [-0.05, 0) is 44.2 Å². The van der Waals surface area contributed by atoms with E-state index in [2.05, 4.69) is 22.5 Å². The second-order valence-electron chi connectivity index (χ2n) is 8.48. The Bertz CT molecular complexity index is 1340. The van der Waals surface area contributed by atoms with Gasteiger partial charge in [-0.15, -0.1) is 0 Å². The van der Waals surface area contributed by atoms with Crippen molar-refractivity contribution in [1.29, 1.82) is 0 Å².